The molecule has 2 rings (SSSR count). The van der Waals surface area contributed by atoms with Crippen molar-refractivity contribution in [3.05, 3.63) is 21.7 Å². The number of ether oxygens (including phenoxy) is 2. The monoisotopic (exact) mass is 327 g/mol. The van der Waals surface area contributed by atoms with Gasteiger partial charge in [0.1, 0.15) is 0 Å². The van der Waals surface area contributed by atoms with Gasteiger partial charge in [0.15, 0.2) is 11.5 Å². The lowest BCUT2D eigenvalue weighted by Gasteiger charge is -2.26. The van der Waals surface area contributed by atoms with Crippen LogP contribution in [-0.2, 0) is 11.8 Å². The van der Waals surface area contributed by atoms with Gasteiger partial charge in [0.25, 0.3) is 0 Å². The van der Waals surface area contributed by atoms with Crippen molar-refractivity contribution < 1.29 is 9.47 Å². The Morgan fingerprint density at radius 2 is 2.00 bits per heavy atom. The van der Waals surface area contributed by atoms with Gasteiger partial charge in [-0.2, -0.15) is 0 Å². The van der Waals surface area contributed by atoms with Gasteiger partial charge in [0.05, 0.1) is 18.7 Å². The van der Waals surface area contributed by atoms with Crippen LogP contribution in [-0.4, -0.2) is 20.3 Å². The molecule has 2 N–H and O–H groups in total. The van der Waals surface area contributed by atoms with Crippen LogP contribution in [0.5, 0.6) is 11.5 Å². The molecule has 0 saturated heterocycles. The van der Waals surface area contributed by atoms with Crippen molar-refractivity contribution in [1.82, 2.24) is 0 Å². The Hall–Kier alpha value is -0.740. The minimum absolute atomic E-state index is 0.118. The number of hydrogen-bond donors (Lipinski definition) is 1. The fourth-order valence-corrected chi connectivity index (χ4v) is 3.73. The Bertz CT molecular complexity index is 482. The number of methoxy groups -OCH3 is 2. The normalized spacial score (nSPS) is 18.0. The number of halogens is 1. The SMILES string of the molecule is CCc1c(C2(C(C)N)CC2)cc(OC)c(OC)c1Br. The van der Waals surface area contributed by atoms with Gasteiger partial charge in [-0.05, 0) is 59.3 Å². The molecule has 1 atom stereocenters. The molecule has 0 spiro atoms. The number of hydrogen-bond acceptors (Lipinski definition) is 3. The standard InChI is InChI=1S/C15H22BrNO2/c1-5-10-11(15(6-7-15)9(2)17)8-12(18-3)14(19-4)13(10)16/h8-9H,5-7,17H2,1-4H3. The van der Waals surface area contributed by atoms with Crippen molar-refractivity contribution in [2.24, 2.45) is 5.73 Å². The second-order valence-corrected chi connectivity index (χ2v) is 6.04. The first-order chi connectivity index (χ1) is 9.01. The van der Waals surface area contributed by atoms with E-state index < -0.39 is 0 Å². The van der Waals surface area contributed by atoms with Crippen LogP contribution in [0.1, 0.15) is 37.8 Å². The van der Waals surface area contributed by atoms with E-state index in [0.29, 0.717) is 0 Å². The summed E-state index contributed by atoms with van der Waals surface area (Å²) in [6, 6.07) is 2.27. The smallest absolute Gasteiger partial charge is 0.175 e. The first-order valence-electron chi connectivity index (χ1n) is 6.71. The summed E-state index contributed by atoms with van der Waals surface area (Å²) in [6.45, 7) is 4.25. The Kier molecular flexibility index (Phi) is 4.11. The van der Waals surface area contributed by atoms with E-state index in [4.69, 9.17) is 15.2 Å². The molecule has 1 saturated carbocycles. The van der Waals surface area contributed by atoms with E-state index >= 15 is 0 Å². The highest BCUT2D eigenvalue weighted by atomic mass is 79.9. The summed E-state index contributed by atoms with van der Waals surface area (Å²) in [5.41, 5.74) is 8.93. The van der Waals surface area contributed by atoms with Crippen molar-refractivity contribution in [2.45, 2.75) is 44.6 Å². The molecular weight excluding hydrogens is 306 g/mol. The Balaban J connectivity index is 2.64. The molecule has 19 heavy (non-hydrogen) atoms. The van der Waals surface area contributed by atoms with Crippen LogP contribution >= 0.6 is 15.9 Å². The van der Waals surface area contributed by atoms with E-state index in [-0.39, 0.29) is 11.5 Å². The molecular formula is C15H22BrNO2. The highest BCUT2D eigenvalue weighted by Crippen LogP contribution is 2.55. The van der Waals surface area contributed by atoms with Crippen LogP contribution in [0.2, 0.25) is 0 Å². The molecule has 0 aromatic heterocycles. The van der Waals surface area contributed by atoms with Crippen LogP contribution in [0.3, 0.4) is 0 Å². The summed E-state index contributed by atoms with van der Waals surface area (Å²) >= 11 is 3.67. The van der Waals surface area contributed by atoms with Crippen molar-refractivity contribution in [1.29, 1.82) is 0 Å². The molecule has 0 bridgehead atoms. The van der Waals surface area contributed by atoms with Crippen LogP contribution in [0.15, 0.2) is 10.5 Å². The molecule has 1 aliphatic carbocycles. The third kappa shape index (κ3) is 2.25. The maximum atomic E-state index is 6.21. The van der Waals surface area contributed by atoms with Crippen LogP contribution in [0.25, 0.3) is 0 Å². The van der Waals surface area contributed by atoms with E-state index in [1.165, 1.54) is 11.1 Å². The van der Waals surface area contributed by atoms with Gasteiger partial charge in [-0.25, -0.2) is 0 Å². The summed E-state index contributed by atoms with van der Waals surface area (Å²) in [6.07, 6.45) is 3.25. The lowest BCUT2D eigenvalue weighted by molar-refractivity contribution is 0.351. The maximum Gasteiger partial charge on any atom is 0.175 e. The zero-order valence-corrected chi connectivity index (χ0v) is 13.6. The van der Waals surface area contributed by atoms with E-state index in [1.807, 2.05) is 0 Å². The molecule has 1 aromatic rings. The average Bonchev–Trinajstić information content (AvgIpc) is 3.18. The molecule has 0 amide bonds. The molecule has 1 aliphatic rings. The van der Waals surface area contributed by atoms with E-state index in [0.717, 1.165) is 35.2 Å². The van der Waals surface area contributed by atoms with Gasteiger partial charge < -0.3 is 15.2 Å². The maximum absolute atomic E-state index is 6.21. The van der Waals surface area contributed by atoms with Crippen LogP contribution < -0.4 is 15.2 Å². The van der Waals surface area contributed by atoms with E-state index in [2.05, 4.69) is 35.8 Å². The molecule has 3 nitrogen and oxygen atoms in total. The van der Waals surface area contributed by atoms with Crippen molar-refractivity contribution >= 4 is 15.9 Å². The fraction of sp³-hybridized carbons (Fsp3) is 0.600. The third-order valence-electron chi connectivity index (χ3n) is 4.26. The molecule has 0 heterocycles. The fourth-order valence-electron chi connectivity index (χ4n) is 2.88. The molecule has 1 fully saturated rings. The predicted octanol–water partition coefficient (Wildman–Crippen LogP) is 3.41. The second-order valence-electron chi connectivity index (χ2n) is 5.25. The molecule has 0 aliphatic heterocycles. The van der Waals surface area contributed by atoms with E-state index in [1.54, 1.807) is 14.2 Å². The number of rotatable bonds is 5. The van der Waals surface area contributed by atoms with Crippen molar-refractivity contribution in [3.63, 3.8) is 0 Å². The third-order valence-corrected chi connectivity index (χ3v) is 5.10. The summed E-state index contributed by atoms with van der Waals surface area (Å²) in [7, 11) is 3.34. The average molecular weight is 328 g/mol. The van der Waals surface area contributed by atoms with Gasteiger partial charge in [-0.3, -0.25) is 0 Å². The number of benzene rings is 1. The largest absolute Gasteiger partial charge is 0.493 e. The summed E-state index contributed by atoms with van der Waals surface area (Å²) in [5, 5.41) is 0. The first-order valence-corrected chi connectivity index (χ1v) is 7.50. The van der Waals surface area contributed by atoms with Gasteiger partial charge in [-0.15, -0.1) is 0 Å². The van der Waals surface area contributed by atoms with Crippen LogP contribution in [0, 0.1) is 0 Å². The van der Waals surface area contributed by atoms with Crippen molar-refractivity contribution in [2.75, 3.05) is 14.2 Å². The molecule has 1 unspecified atom stereocenters. The Labute approximate surface area is 123 Å². The predicted molar refractivity (Wildman–Crippen MR) is 81.2 cm³/mol. The lowest BCUT2D eigenvalue weighted by atomic mass is 9.85. The number of nitrogens with two attached hydrogens (primary N) is 1. The Morgan fingerprint density at radius 3 is 2.37 bits per heavy atom. The highest BCUT2D eigenvalue weighted by molar-refractivity contribution is 9.10. The second kappa shape index (κ2) is 5.33. The van der Waals surface area contributed by atoms with E-state index in [9.17, 15) is 0 Å². The van der Waals surface area contributed by atoms with Gasteiger partial charge in [0, 0.05) is 11.5 Å². The topological polar surface area (TPSA) is 44.5 Å². The van der Waals surface area contributed by atoms with Crippen LogP contribution in [0.4, 0.5) is 0 Å². The first kappa shape index (κ1) is 14.7. The van der Waals surface area contributed by atoms with Gasteiger partial charge >= 0.3 is 0 Å². The molecule has 106 valence electrons. The molecule has 4 heteroatoms. The lowest BCUT2D eigenvalue weighted by Crippen LogP contribution is -2.32. The van der Waals surface area contributed by atoms with Gasteiger partial charge in [-0.1, -0.05) is 6.92 Å². The molecule has 1 aromatic carbocycles. The minimum Gasteiger partial charge on any atom is -0.493 e. The zero-order chi connectivity index (χ0) is 14.2. The van der Waals surface area contributed by atoms with Gasteiger partial charge in [0.2, 0.25) is 0 Å². The molecule has 0 radical (unpaired) electrons. The van der Waals surface area contributed by atoms with Crippen molar-refractivity contribution in [3.8, 4) is 11.5 Å². The Morgan fingerprint density at radius 1 is 1.37 bits per heavy atom. The summed E-state index contributed by atoms with van der Waals surface area (Å²) in [5.74, 6) is 1.54. The quantitative estimate of drug-likeness (QED) is 0.901. The summed E-state index contributed by atoms with van der Waals surface area (Å²) in [4.78, 5) is 0. The zero-order valence-electron chi connectivity index (χ0n) is 12.0. The minimum atomic E-state index is 0.118. The summed E-state index contributed by atoms with van der Waals surface area (Å²) < 4.78 is 11.9. The highest BCUT2D eigenvalue weighted by Gasteiger charge is 2.49.